The van der Waals surface area contributed by atoms with Gasteiger partial charge in [-0.25, -0.2) is 0 Å². The summed E-state index contributed by atoms with van der Waals surface area (Å²) in [5, 5.41) is 11.6. The zero-order valence-electron chi connectivity index (χ0n) is 14.5. The Bertz CT molecular complexity index is 814. The van der Waals surface area contributed by atoms with Gasteiger partial charge in [0, 0.05) is 37.0 Å². The largest absolute Gasteiger partial charge is 0.366 e. The molecule has 2 aromatic carbocycles. The summed E-state index contributed by atoms with van der Waals surface area (Å²) in [6.07, 6.45) is 3.69. The van der Waals surface area contributed by atoms with Crippen molar-refractivity contribution in [1.82, 2.24) is 0 Å². The molecule has 0 spiro atoms. The topological polar surface area (TPSA) is 66.7 Å². The van der Waals surface area contributed by atoms with Crippen molar-refractivity contribution < 1.29 is 9.72 Å². The molecule has 0 saturated carbocycles. The van der Waals surface area contributed by atoms with Gasteiger partial charge in [0.05, 0.1) is 4.92 Å². The number of nitro groups is 1. The predicted molar refractivity (Wildman–Crippen MR) is 103 cm³/mol. The lowest BCUT2D eigenvalue weighted by Gasteiger charge is -2.22. The summed E-state index contributed by atoms with van der Waals surface area (Å²) in [5.74, 6) is -0.285. The summed E-state index contributed by atoms with van der Waals surface area (Å²) in [5.41, 5.74) is 1.58. The highest BCUT2D eigenvalue weighted by Gasteiger charge is 2.25. The van der Waals surface area contributed by atoms with Crippen molar-refractivity contribution in [3.63, 3.8) is 0 Å². The van der Waals surface area contributed by atoms with Gasteiger partial charge in [-0.05, 0) is 37.1 Å². The second kappa shape index (κ2) is 7.82. The van der Waals surface area contributed by atoms with E-state index in [1.165, 1.54) is 6.07 Å². The standard InChI is InChI=1S/C20H21N3O3/c1-2-12-22(17-8-4-3-5-9-17)20(24)16-10-11-18(19(15-16)23(25)26)21-13-6-7-14-21/h2-5,8-11,15H,1,6-7,12-14H2. The van der Waals surface area contributed by atoms with E-state index in [-0.39, 0.29) is 11.6 Å². The Balaban J connectivity index is 1.96. The summed E-state index contributed by atoms with van der Waals surface area (Å²) in [6.45, 7) is 5.64. The lowest BCUT2D eigenvalue weighted by atomic mass is 10.1. The lowest BCUT2D eigenvalue weighted by molar-refractivity contribution is -0.384. The first-order valence-electron chi connectivity index (χ1n) is 8.63. The number of hydrogen-bond donors (Lipinski definition) is 0. The Hall–Kier alpha value is -3.15. The van der Waals surface area contributed by atoms with Gasteiger partial charge >= 0.3 is 0 Å². The highest BCUT2D eigenvalue weighted by Crippen LogP contribution is 2.32. The van der Waals surface area contributed by atoms with Crippen LogP contribution >= 0.6 is 0 Å². The van der Waals surface area contributed by atoms with Gasteiger partial charge in [-0.15, -0.1) is 6.58 Å². The molecule has 1 heterocycles. The molecule has 26 heavy (non-hydrogen) atoms. The van der Waals surface area contributed by atoms with Crippen LogP contribution in [0.3, 0.4) is 0 Å². The Labute approximate surface area is 152 Å². The number of amides is 1. The molecule has 1 fully saturated rings. The third-order valence-corrected chi connectivity index (χ3v) is 4.49. The van der Waals surface area contributed by atoms with Crippen LogP contribution < -0.4 is 9.80 Å². The van der Waals surface area contributed by atoms with Crippen LogP contribution in [0.25, 0.3) is 0 Å². The van der Waals surface area contributed by atoms with E-state index >= 15 is 0 Å². The minimum Gasteiger partial charge on any atom is -0.366 e. The van der Waals surface area contributed by atoms with Gasteiger partial charge in [-0.1, -0.05) is 24.3 Å². The van der Waals surface area contributed by atoms with Crippen molar-refractivity contribution in [2.75, 3.05) is 29.4 Å². The van der Waals surface area contributed by atoms with Crippen molar-refractivity contribution in [3.05, 3.63) is 76.9 Å². The molecule has 0 unspecified atom stereocenters. The molecule has 0 radical (unpaired) electrons. The Kier molecular flexibility index (Phi) is 5.31. The molecule has 6 heteroatoms. The molecule has 2 aromatic rings. The zero-order valence-corrected chi connectivity index (χ0v) is 14.5. The quantitative estimate of drug-likeness (QED) is 0.448. The van der Waals surface area contributed by atoms with E-state index in [2.05, 4.69) is 6.58 Å². The van der Waals surface area contributed by atoms with E-state index in [0.29, 0.717) is 17.8 Å². The number of benzene rings is 2. The molecule has 0 atom stereocenters. The zero-order chi connectivity index (χ0) is 18.5. The molecule has 1 saturated heterocycles. The number of anilines is 2. The third-order valence-electron chi connectivity index (χ3n) is 4.49. The summed E-state index contributed by atoms with van der Waals surface area (Å²) in [4.78, 5) is 27.7. The van der Waals surface area contributed by atoms with Crippen LogP contribution in [0.1, 0.15) is 23.2 Å². The van der Waals surface area contributed by atoms with Gasteiger partial charge < -0.3 is 9.80 Å². The molecule has 3 rings (SSSR count). The molecule has 1 aliphatic rings. The predicted octanol–water partition coefficient (Wildman–Crippen LogP) is 4.03. The summed E-state index contributed by atoms with van der Waals surface area (Å²) in [6, 6.07) is 14.0. The fourth-order valence-corrected chi connectivity index (χ4v) is 3.23. The van der Waals surface area contributed by atoms with Crippen LogP contribution in [0, 0.1) is 10.1 Å². The maximum atomic E-state index is 13.0. The van der Waals surface area contributed by atoms with E-state index in [9.17, 15) is 14.9 Å². The smallest absolute Gasteiger partial charge is 0.293 e. The van der Waals surface area contributed by atoms with E-state index in [1.54, 1.807) is 23.1 Å². The minimum atomic E-state index is -0.412. The molecular weight excluding hydrogens is 330 g/mol. The maximum absolute atomic E-state index is 13.0. The molecule has 1 amide bonds. The van der Waals surface area contributed by atoms with Crippen LogP contribution in [-0.2, 0) is 0 Å². The fraction of sp³-hybridized carbons (Fsp3) is 0.250. The highest BCUT2D eigenvalue weighted by atomic mass is 16.6. The van der Waals surface area contributed by atoms with Crippen LogP contribution in [-0.4, -0.2) is 30.5 Å². The van der Waals surface area contributed by atoms with E-state index < -0.39 is 4.92 Å². The van der Waals surface area contributed by atoms with Crippen LogP contribution in [0.4, 0.5) is 17.1 Å². The van der Waals surface area contributed by atoms with E-state index in [1.807, 2.05) is 35.2 Å². The number of carbonyl (C=O) groups is 1. The Morgan fingerprint density at radius 3 is 2.50 bits per heavy atom. The van der Waals surface area contributed by atoms with Gasteiger partial charge in [-0.2, -0.15) is 0 Å². The van der Waals surface area contributed by atoms with Gasteiger partial charge in [0.25, 0.3) is 11.6 Å². The monoisotopic (exact) mass is 351 g/mol. The van der Waals surface area contributed by atoms with Gasteiger partial charge in [-0.3, -0.25) is 14.9 Å². The van der Waals surface area contributed by atoms with Gasteiger partial charge in [0.2, 0.25) is 0 Å². The van der Waals surface area contributed by atoms with Crippen molar-refractivity contribution >= 4 is 23.0 Å². The number of carbonyl (C=O) groups excluding carboxylic acids is 1. The molecule has 0 aliphatic carbocycles. The number of nitro benzene ring substituents is 1. The van der Waals surface area contributed by atoms with Gasteiger partial charge in [0.15, 0.2) is 0 Å². The number of hydrogen-bond acceptors (Lipinski definition) is 4. The second-order valence-corrected chi connectivity index (χ2v) is 6.19. The Morgan fingerprint density at radius 1 is 1.19 bits per heavy atom. The summed E-state index contributed by atoms with van der Waals surface area (Å²) < 4.78 is 0. The molecule has 134 valence electrons. The fourth-order valence-electron chi connectivity index (χ4n) is 3.23. The first kappa shape index (κ1) is 17.7. The minimum absolute atomic E-state index is 0.0237. The number of para-hydroxylation sites is 1. The maximum Gasteiger partial charge on any atom is 0.293 e. The normalized spacial score (nSPS) is 13.5. The average Bonchev–Trinajstić information content (AvgIpc) is 3.20. The van der Waals surface area contributed by atoms with Crippen molar-refractivity contribution in [2.24, 2.45) is 0 Å². The van der Waals surface area contributed by atoms with Crippen LogP contribution in [0.5, 0.6) is 0 Å². The first-order chi connectivity index (χ1) is 12.6. The van der Waals surface area contributed by atoms with Crippen molar-refractivity contribution in [2.45, 2.75) is 12.8 Å². The lowest BCUT2D eigenvalue weighted by Crippen LogP contribution is -2.31. The Morgan fingerprint density at radius 2 is 1.88 bits per heavy atom. The molecule has 0 bridgehead atoms. The van der Waals surface area contributed by atoms with Crippen molar-refractivity contribution in [1.29, 1.82) is 0 Å². The number of rotatable bonds is 6. The third kappa shape index (κ3) is 3.59. The second-order valence-electron chi connectivity index (χ2n) is 6.19. The van der Waals surface area contributed by atoms with Gasteiger partial charge in [0.1, 0.15) is 5.69 Å². The SMILES string of the molecule is C=CCN(C(=O)c1ccc(N2CCCC2)c([N+](=O)[O-])c1)c1ccccc1. The molecule has 1 aliphatic heterocycles. The first-order valence-corrected chi connectivity index (χ1v) is 8.63. The molecular formula is C20H21N3O3. The highest BCUT2D eigenvalue weighted by molar-refractivity contribution is 6.07. The molecule has 6 nitrogen and oxygen atoms in total. The summed E-state index contributed by atoms with van der Waals surface area (Å²) in [7, 11) is 0. The number of nitrogens with zero attached hydrogens (tertiary/aromatic N) is 3. The summed E-state index contributed by atoms with van der Waals surface area (Å²) >= 11 is 0. The molecule has 0 N–H and O–H groups in total. The van der Waals surface area contributed by atoms with E-state index in [0.717, 1.165) is 31.6 Å². The van der Waals surface area contributed by atoms with Crippen LogP contribution in [0.15, 0.2) is 61.2 Å². The van der Waals surface area contributed by atoms with Crippen molar-refractivity contribution in [3.8, 4) is 0 Å². The van der Waals surface area contributed by atoms with E-state index in [4.69, 9.17) is 0 Å². The average molecular weight is 351 g/mol. The van der Waals surface area contributed by atoms with Crippen LogP contribution in [0.2, 0.25) is 0 Å². The molecule has 0 aromatic heterocycles.